The number of ether oxygens (including phenoxy) is 1. The molecule has 2 aromatic carbocycles. The summed E-state index contributed by atoms with van der Waals surface area (Å²) in [5.74, 6) is -0.919. The Kier molecular flexibility index (Phi) is 7.68. The number of para-hydroxylation sites is 1. The van der Waals surface area contributed by atoms with Crippen molar-refractivity contribution in [3.05, 3.63) is 60.4 Å². The Morgan fingerprint density at radius 3 is 2.29 bits per heavy atom. The maximum atomic E-state index is 13.5. The molecule has 188 valence electrons. The quantitative estimate of drug-likeness (QED) is 0.645. The number of carbonyl (C=O) groups is 2. The van der Waals surface area contributed by atoms with Gasteiger partial charge in [-0.15, -0.1) is 0 Å². The van der Waals surface area contributed by atoms with Gasteiger partial charge in [0.15, 0.2) is 6.17 Å². The van der Waals surface area contributed by atoms with E-state index in [0.717, 1.165) is 46.3 Å². The summed E-state index contributed by atoms with van der Waals surface area (Å²) in [5.41, 5.74) is 5.96. The van der Waals surface area contributed by atoms with Crippen LogP contribution < -0.4 is 15.8 Å². The maximum Gasteiger partial charge on any atom is 0.416 e. The minimum atomic E-state index is -4.23. The van der Waals surface area contributed by atoms with Gasteiger partial charge in [0.05, 0.1) is 4.90 Å². The van der Waals surface area contributed by atoms with E-state index < -0.39 is 34.0 Å². The zero-order valence-corrected chi connectivity index (χ0v) is 20.0. The Hall–Kier alpha value is -3.02. The topological polar surface area (TPSA) is 122 Å². The van der Waals surface area contributed by atoms with Crippen LogP contribution >= 0.6 is 0 Å². The first kappa shape index (κ1) is 25.1. The van der Waals surface area contributed by atoms with E-state index in [1.807, 2.05) is 0 Å². The van der Waals surface area contributed by atoms with E-state index in [4.69, 9.17) is 10.5 Å². The maximum absolute atomic E-state index is 13.5. The van der Waals surface area contributed by atoms with E-state index in [1.165, 1.54) is 0 Å². The second-order valence-electron chi connectivity index (χ2n) is 8.79. The fraction of sp³-hybridized carbons (Fsp3) is 0.417. The molecule has 11 heteroatoms. The Bertz CT molecular complexity index is 1140. The minimum Gasteiger partial charge on any atom is -0.410 e. The summed E-state index contributed by atoms with van der Waals surface area (Å²) in [5, 5.41) is 2.91. The SMILES string of the molecule is NC1CCC(NC(=O)C2N(C(=O)Oc3ccccc3)CCCN2S(=O)(=O)c2ccc(F)cc2)CC1. The van der Waals surface area contributed by atoms with Crippen molar-refractivity contribution in [2.24, 2.45) is 5.73 Å². The molecule has 1 atom stereocenters. The van der Waals surface area contributed by atoms with Gasteiger partial charge in [-0.05, 0) is 68.5 Å². The molecule has 2 amide bonds. The highest BCUT2D eigenvalue weighted by atomic mass is 32.2. The third-order valence-corrected chi connectivity index (χ3v) is 8.17. The number of rotatable bonds is 5. The molecule has 2 aliphatic rings. The summed E-state index contributed by atoms with van der Waals surface area (Å²) in [6.07, 6.45) is 0.829. The van der Waals surface area contributed by atoms with E-state index in [0.29, 0.717) is 19.3 Å². The van der Waals surface area contributed by atoms with Crippen molar-refractivity contribution in [2.75, 3.05) is 13.1 Å². The monoisotopic (exact) mass is 504 g/mol. The molecule has 1 saturated heterocycles. The van der Waals surface area contributed by atoms with Crippen LogP contribution in [0.4, 0.5) is 9.18 Å². The number of carbonyl (C=O) groups excluding carboxylic acids is 2. The first-order chi connectivity index (χ1) is 16.8. The molecule has 2 aromatic rings. The number of amides is 2. The zero-order chi connectivity index (χ0) is 25.0. The standard InChI is InChI=1S/C24H29FN4O5S/c25-17-7-13-21(14-8-17)35(32,33)29-16-4-15-28(24(31)34-20-5-2-1-3-6-20)23(29)22(30)27-19-11-9-18(26)10-12-19/h1-3,5-8,13-14,18-19,23H,4,9-12,15-16,26H2,(H,27,30). The van der Waals surface area contributed by atoms with Crippen molar-refractivity contribution in [1.29, 1.82) is 0 Å². The molecular weight excluding hydrogens is 475 g/mol. The van der Waals surface area contributed by atoms with Crippen LogP contribution in [-0.4, -0.2) is 61.0 Å². The van der Waals surface area contributed by atoms with E-state index in [1.54, 1.807) is 30.3 Å². The number of halogens is 1. The molecule has 35 heavy (non-hydrogen) atoms. The predicted octanol–water partition coefficient (Wildman–Crippen LogP) is 2.43. The van der Waals surface area contributed by atoms with Crippen molar-refractivity contribution in [3.63, 3.8) is 0 Å². The largest absolute Gasteiger partial charge is 0.416 e. The Balaban J connectivity index is 1.63. The molecule has 0 spiro atoms. The fourth-order valence-corrected chi connectivity index (χ4v) is 6.03. The van der Waals surface area contributed by atoms with Gasteiger partial charge in [0, 0.05) is 25.2 Å². The lowest BCUT2D eigenvalue weighted by atomic mass is 9.92. The molecule has 1 saturated carbocycles. The minimum absolute atomic E-state index is 0.0163. The lowest BCUT2D eigenvalue weighted by Crippen LogP contribution is -2.64. The highest BCUT2D eigenvalue weighted by Gasteiger charge is 2.45. The van der Waals surface area contributed by atoms with Gasteiger partial charge in [-0.25, -0.2) is 17.6 Å². The average Bonchev–Trinajstić information content (AvgIpc) is 2.86. The number of benzene rings is 2. The number of hydrogen-bond acceptors (Lipinski definition) is 6. The van der Waals surface area contributed by atoms with Crippen molar-refractivity contribution >= 4 is 22.0 Å². The smallest absolute Gasteiger partial charge is 0.410 e. The number of nitrogens with two attached hydrogens (primary N) is 1. The summed E-state index contributed by atoms with van der Waals surface area (Å²) < 4.78 is 46.9. The van der Waals surface area contributed by atoms with Crippen molar-refractivity contribution in [1.82, 2.24) is 14.5 Å². The van der Waals surface area contributed by atoms with Gasteiger partial charge in [-0.3, -0.25) is 9.69 Å². The lowest BCUT2D eigenvalue weighted by Gasteiger charge is -2.41. The van der Waals surface area contributed by atoms with Gasteiger partial charge in [0.1, 0.15) is 11.6 Å². The number of sulfonamides is 1. The van der Waals surface area contributed by atoms with Crippen LogP contribution in [0.2, 0.25) is 0 Å². The van der Waals surface area contributed by atoms with Crippen LogP contribution in [0, 0.1) is 5.82 Å². The molecule has 1 heterocycles. The van der Waals surface area contributed by atoms with Crippen LogP contribution in [0.15, 0.2) is 59.5 Å². The van der Waals surface area contributed by atoms with Gasteiger partial charge < -0.3 is 15.8 Å². The van der Waals surface area contributed by atoms with Gasteiger partial charge >= 0.3 is 6.09 Å². The molecule has 1 aliphatic carbocycles. The first-order valence-corrected chi connectivity index (χ1v) is 13.1. The van der Waals surface area contributed by atoms with Crippen LogP contribution in [-0.2, 0) is 14.8 Å². The van der Waals surface area contributed by atoms with Gasteiger partial charge in [0.2, 0.25) is 10.0 Å². The third-order valence-electron chi connectivity index (χ3n) is 6.30. The summed E-state index contributed by atoms with van der Waals surface area (Å²) >= 11 is 0. The van der Waals surface area contributed by atoms with Crippen molar-refractivity contribution in [2.45, 2.75) is 55.2 Å². The Labute approximate surface area is 204 Å². The van der Waals surface area contributed by atoms with E-state index >= 15 is 0 Å². The average molecular weight is 505 g/mol. The normalized spacial score (nSPS) is 23.5. The van der Waals surface area contributed by atoms with Crippen LogP contribution in [0.1, 0.15) is 32.1 Å². The van der Waals surface area contributed by atoms with Gasteiger partial charge in [-0.1, -0.05) is 18.2 Å². The molecule has 0 radical (unpaired) electrons. The molecule has 9 nitrogen and oxygen atoms in total. The molecule has 1 aliphatic heterocycles. The highest BCUT2D eigenvalue weighted by molar-refractivity contribution is 7.89. The molecule has 0 aromatic heterocycles. The van der Waals surface area contributed by atoms with Crippen LogP contribution in [0.3, 0.4) is 0 Å². The lowest BCUT2D eigenvalue weighted by molar-refractivity contribution is -0.132. The van der Waals surface area contributed by atoms with Gasteiger partial charge in [0.25, 0.3) is 5.91 Å². The third kappa shape index (κ3) is 5.80. The summed E-state index contributed by atoms with van der Waals surface area (Å²) in [6, 6.07) is 12.6. The number of nitrogens with one attached hydrogen (secondary N) is 1. The molecule has 0 bridgehead atoms. The van der Waals surface area contributed by atoms with Gasteiger partial charge in [-0.2, -0.15) is 4.31 Å². The molecule has 3 N–H and O–H groups in total. The van der Waals surface area contributed by atoms with Crippen molar-refractivity contribution < 1.29 is 27.1 Å². The second kappa shape index (κ2) is 10.7. The number of hydrogen-bond donors (Lipinski definition) is 2. The van der Waals surface area contributed by atoms with E-state index in [-0.39, 0.29) is 35.8 Å². The first-order valence-electron chi connectivity index (χ1n) is 11.6. The second-order valence-corrected chi connectivity index (χ2v) is 10.7. The molecule has 2 fully saturated rings. The van der Waals surface area contributed by atoms with Crippen LogP contribution in [0.5, 0.6) is 5.75 Å². The number of nitrogens with zero attached hydrogens (tertiary/aromatic N) is 2. The van der Waals surface area contributed by atoms with E-state index in [9.17, 15) is 22.4 Å². The predicted molar refractivity (Wildman–Crippen MR) is 126 cm³/mol. The molecule has 4 rings (SSSR count). The zero-order valence-electron chi connectivity index (χ0n) is 19.2. The Morgan fingerprint density at radius 2 is 1.63 bits per heavy atom. The summed E-state index contributed by atoms with van der Waals surface area (Å²) in [4.78, 5) is 27.6. The molecular formula is C24H29FN4O5S. The molecule has 1 unspecified atom stereocenters. The summed E-state index contributed by atoms with van der Waals surface area (Å²) in [7, 11) is -4.23. The fourth-order valence-electron chi connectivity index (χ4n) is 4.44. The van der Waals surface area contributed by atoms with Crippen LogP contribution in [0.25, 0.3) is 0 Å². The summed E-state index contributed by atoms with van der Waals surface area (Å²) in [6.45, 7) is 0.150. The Morgan fingerprint density at radius 1 is 0.971 bits per heavy atom. The van der Waals surface area contributed by atoms with E-state index in [2.05, 4.69) is 5.32 Å². The highest BCUT2D eigenvalue weighted by Crippen LogP contribution is 2.26. The van der Waals surface area contributed by atoms with Crippen molar-refractivity contribution in [3.8, 4) is 5.75 Å².